The van der Waals surface area contributed by atoms with Crippen LogP contribution in [0.25, 0.3) is 33.2 Å². The van der Waals surface area contributed by atoms with Crippen molar-refractivity contribution < 1.29 is 35.9 Å². The van der Waals surface area contributed by atoms with Crippen molar-refractivity contribution in [3.8, 4) is 23.1 Å². The number of ether oxygens (including phenoxy) is 1. The molecule has 2 N–H and O–H groups in total. The fourth-order valence-electron chi connectivity index (χ4n) is 8.37. The summed E-state index contributed by atoms with van der Waals surface area (Å²) < 4.78 is 15.7. The molecule has 6 rings (SSSR count). The topological polar surface area (TPSA) is 133 Å². The van der Waals surface area contributed by atoms with Crippen molar-refractivity contribution in [2.45, 2.75) is 85.5 Å². The van der Waals surface area contributed by atoms with Crippen LogP contribution < -0.4 is 42.6 Å². The number of rotatable bonds is 21. The molecule has 338 valence electrons. The smallest absolute Gasteiger partial charge is 0.262 e. The molecule has 0 radical (unpaired) electrons. The SMILES string of the molecule is CCN(CCCCCC(=O)NCCCCCCNC(=O)Cc1c(C)n(C(=O)c2ccc(Cl)cc2)c2ccc(OC)cc12)c1ccc2oc3cc(=[N+](CC)CC)ccc-3c(C#N)c2c1.[Cl-]. The van der Waals surface area contributed by atoms with Crippen molar-refractivity contribution in [2.24, 2.45) is 0 Å². The molecular weight excluding hydrogens is 848 g/mol. The molecule has 0 fully saturated rings. The third kappa shape index (κ3) is 11.8. The first-order valence-corrected chi connectivity index (χ1v) is 22.7. The Morgan fingerprint density at radius 3 is 2.20 bits per heavy atom. The lowest BCUT2D eigenvalue weighted by molar-refractivity contribution is -0.121. The average molecular weight is 908 g/mol. The van der Waals surface area contributed by atoms with Crippen molar-refractivity contribution in [3.05, 3.63) is 112 Å². The van der Waals surface area contributed by atoms with E-state index in [4.69, 9.17) is 20.8 Å². The molecule has 1 aliphatic carbocycles. The Hall–Kier alpha value is -5.83. The highest BCUT2D eigenvalue weighted by Gasteiger charge is 2.23. The average Bonchev–Trinajstić information content (AvgIpc) is 3.56. The summed E-state index contributed by atoms with van der Waals surface area (Å²) in [4.78, 5) is 41.6. The summed E-state index contributed by atoms with van der Waals surface area (Å²) >= 11 is 6.06. The van der Waals surface area contributed by atoms with Crippen molar-refractivity contribution in [1.29, 1.82) is 5.26 Å². The van der Waals surface area contributed by atoms with Crippen LogP contribution in [0.1, 0.15) is 99.3 Å². The number of unbranched alkanes of at least 4 members (excludes halogenated alkanes) is 5. The molecule has 4 aromatic rings. The fraction of sp³-hybridized carbons (Fsp3) is 0.392. The van der Waals surface area contributed by atoms with Crippen molar-refractivity contribution >= 4 is 56.9 Å². The Kier molecular flexibility index (Phi) is 18.2. The maximum absolute atomic E-state index is 13.6. The van der Waals surface area contributed by atoms with E-state index in [1.54, 1.807) is 35.9 Å². The van der Waals surface area contributed by atoms with E-state index in [-0.39, 0.29) is 36.5 Å². The van der Waals surface area contributed by atoms with Gasteiger partial charge in [0.25, 0.3) is 5.91 Å². The van der Waals surface area contributed by atoms with Gasteiger partial charge in [-0.05, 0) is 126 Å². The molecule has 13 heteroatoms. The van der Waals surface area contributed by atoms with Gasteiger partial charge >= 0.3 is 0 Å². The van der Waals surface area contributed by atoms with Crippen LogP contribution >= 0.6 is 11.6 Å². The number of fused-ring (bicyclic) bond motifs is 3. The zero-order chi connectivity index (χ0) is 44.9. The minimum absolute atomic E-state index is 0. The van der Waals surface area contributed by atoms with Crippen LogP contribution in [0.3, 0.4) is 0 Å². The lowest BCUT2D eigenvalue weighted by atomic mass is 10.00. The molecule has 0 atom stereocenters. The highest BCUT2D eigenvalue weighted by molar-refractivity contribution is 6.30. The zero-order valence-electron chi connectivity index (χ0n) is 37.7. The number of methoxy groups -OCH3 is 1. The number of benzene rings is 4. The largest absolute Gasteiger partial charge is 1.00 e. The standard InChI is InChI=1S/C51H59ClN6O5.ClH/c1-6-56(7-2)39-21-24-41-45(34-53)44-30-38(22-26-47(44)63-48(41)31-39)57(8-3)29-15-11-12-16-49(59)54-27-13-9-10-14-28-55-50(60)33-42-35(4)58(46-25-23-40(62-5)32-43(42)46)51(61)36-17-19-37(52)20-18-36;/h17-26,30-32H,6-16,27-29,33H2,1-5H3,(H-,54,55,59,60);1H. The van der Waals surface area contributed by atoms with Gasteiger partial charge in [-0.15, -0.1) is 0 Å². The molecule has 64 heavy (non-hydrogen) atoms. The first-order chi connectivity index (χ1) is 30.6. The normalized spacial score (nSPS) is 11.0. The van der Waals surface area contributed by atoms with Crippen molar-refractivity contribution in [3.63, 3.8) is 0 Å². The summed E-state index contributed by atoms with van der Waals surface area (Å²) in [5, 5.41) is 19.6. The highest BCUT2D eigenvalue weighted by Crippen LogP contribution is 2.35. The molecule has 0 bridgehead atoms. The second-order valence-electron chi connectivity index (χ2n) is 15.9. The van der Waals surface area contributed by atoms with Gasteiger partial charge in [0.05, 0.1) is 30.7 Å². The molecule has 2 aliphatic rings. The number of hydrogen-bond donors (Lipinski definition) is 2. The van der Waals surface area contributed by atoms with E-state index in [0.717, 1.165) is 104 Å². The number of carbonyl (C=O) groups is 3. The Morgan fingerprint density at radius 2 is 1.53 bits per heavy atom. The molecule has 0 saturated heterocycles. The Morgan fingerprint density at radius 1 is 0.828 bits per heavy atom. The number of aromatic nitrogens is 1. The van der Waals surface area contributed by atoms with E-state index in [0.29, 0.717) is 64.0 Å². The van der Waals surface area contributed by atoms with Crippen LogP contribution in [0.15, 0.2) is 83.3 Å². The summed E-state index contributed by atoms with van der Waals surface area (Å²) in [6.45, 7) is 12.9. The Balaban J connectivity index is 0.00000771. The maximum atomic E-state index is 13.6. The number of carbonyl (C=O) groups excluding carboxylic acids is 3. The zero-order valence-corrected chi connectivity index (χ0v) is 39.2. The minimum Gasteiger partial charge on any atom is -1.00 e. The highest BCUT2D eigenvalue weighted by atomic mass is 35.5. The molecule has 1 aromatic heterocycles. The number of amides is 2. The van der Waals surface area contributed by atoms with Gasteiger partial charge in [0.15, 0.2) is 0 Å². The number of anilines is 1. The van der Waals surface area contributed by atoms with Crippen molar-refractivity contribution in [1.82, 2.24) is 19.8 Å². The van der Waals surface area contributed by atoms with Gasteiger partial charge in [-0.3, -0.25) is 19.0 Å². The van der Waals surface area contributed by atoms with Gasteiger partial charge in [-0.1, -0.05) is 30.9 Å². The molecule has 11 nitrogen and oxygen atoms in total. The molecule has 2 heterocycles. The van der Waals surface area contributed by atoms with Gasteiger partial charge in [-0.25, -0.2) is 4.58 Å². The number of nitrogens with zero attached hydrogens (tertiary/aromatic N) is 4. The number of nitriles is 1. The van der Waals surface area contributed by atoms with Crippen LogP contribution in [-0.2, 0) is 16.0 Å². The Labute approximate surface area is 387 Å². The van der Waals surface area contributed by atoms with Crippen LogP contribution in [0.2, 0.25) is 5.02 Å². The van der Waals surface area contributed by atoms with Crippen LogP contribution in [0, 0.1) is 18.3 Å². The number of nitrogens with one attached hydrogen (secondary N) is 2. The lowest BCUT2D eigenvalue weighted by Gasteiger charge is -2.24. The lowest BCUT2D eigenvalue weighted by Crippen LogP contribution is -3.00. The van der Waals surface area contributed by atoms with E-state index >= 15 is 0 Å². The molecular formula is C51H60Cl2N6O5. The van der Waals surface area contributed by atoms with Gasteiger partial charge in [0.2, 0.25) is 17.2 Å². The van der Waals surface area contributed by atoms with E-state index in [9.17, 15) is 19.6 Å². The van der Waals surface area contributed by atoms with Gasteiger partial charge in [-0.2, -0.15) is 5.26 Å². The summed E-state index contributed by atoms with van der Waals surface area (Å²) in [6, 6.07) is 27.0. The molecule has 1 aliphatic heterocycles. The first kappa shape index (κ1) is 49.2. The van der Waals surface area contributed by atoms with Crippen LogP contribution in [0.4, 0.5) is 5.69 Å². The third-order valence-electron chi connectivity index (χ3n) is 11.9. The van der Waals surface area contributed by atoms with Gasteiger partial charge < -0.3 is 37.1 Å². The molecule has 0 spiro atoms. The van der Waals surface area contributed by atoms with E-state index in [1.165, 1.54) is 0 Å². The first-order valence-electron chi connectivity index (χ1n) is 22.4. The molecule has 0 saturated carbocycles. The van der Waals surface area contributed by atoms with Crippen LogP contribution in [-0.4, -0.2) is 68.7 Å². The summed E-state index contributed by atoms with van der Waals surface area (Å²) in [5.41, 5.74) is 5.91. The van der Waals surface area contributed by atoms with Crippen molar-refractivity contribution in [2.75, 3.05) is 51.3 Å². The summed E-state index contributed by atoms with van der Waals surface area (Å²) in [6.07, 6.45) is 6.98. The van der Waals surface area contributed by atoms with E-state index < -0.39 is 0 Å². The number of halogens is 2. The summed E-state index contributed by atoms with van der Waals surface area (Å²) in [7, 11) is 1.59. The van der Waals surface area contributed by atoms with E-state index in [2.05, 4.69) is 65.1 Å². The quantitative estimate of drug-likeness (QED) is 0.0496. The maximum Gasteiger partial charge on any atom is 0.262 e. The monoisotopic (exact) mass is 906 g/mol. The minimum atomic E-state index is -0.191. The Bertz CT molecular complexity index is 2640. The predicted molar refractivity (Wildman–Crippen MR) is 253 cm³/mol. The van der Waals surface area contributed by atoms with Gasteiger partial charge in [0.1, 0.15) is 36.3 Å². The molecule has 3 aromatic carbocycles. The molecule has 0 unspecified atom stereocenters. The molecule has 2 amide bonds. The van der Waals surface area contributed by atoms with E-state index in [1.807, 2.05) is 43.3 Å². The fourth-order valence-corrected chi connectivity index (χ4v) is 8.50. The van der Waals surface area contributed by atoms with Crippen LogP contribution in [0.5, 0.6) is 5.75 Å². The second kappa shape index (κ2) is 23.7. The number of hydrogen-bond acceptors (Lipinski definition) is 7. The second-order valence-corrected chi connectivity index (χ2v) is 16.3. The third-order valence-corrected chi connectivity index (χ3v) is 12.2. The summed E-state index contributed by atoms with van der Waals surface area (Å²) in [5.74, 6) is 1.15. The van der Waals surface area contributed by atoms with Gasteiger partial charge in [0, 0.05) is 77.0 Å². The predicted octanol–water partition coefficient (Wildman–Crippen LogP) is 6.26.